The van der Waals surface area contributed by atoms with E-state index in [0.717, 1.165) is 43.4 Å². The first-order valence-corrected chi connectivity index (χ1v) is 7.05. The fraction of sp³-hybridized carbons (Fsp3) is 0.625. The lowest BCUT2D eigenvalue weighted by Crippen LogP contribution is -2.21. The molecule has 2 aliphatic rings. The molecule has 0 atom stereocenters. The van der Waals surface area contributed by atoms with Gasteiger partial charge in [-0.3, -0.25) is 9.59 Å². The van der Waals surface area contributed by atoms with Gasteiger partial charge in [0.05, 0.1) is 0 Å². The minimum atomic E-state index is 0.109. The van der Waals surface area contributed by atoms with Crippen molar-refractivity contribution in [2.24, 2.45) is 5.92 Å². The molecular weight excluding hydrogens is 238 g/mol. The van der Waals surface area contributed by atoms with Crippen LogP contribution in [0.4, 0.5) is 0 Å². The average molecular weight is 261 g/mol. The van der Waals surface area contributed by atoms with Crippen LogP contribution >= 0.6 is 0 Å². The number of Topliss-reactive ketones (excluding diaryl/α,β-unsaturated/α-hetero) is 2. The van der Waals surface area contributed by atoms with E-state index in [9.17, 15) is 9.59 Å². The molecule has 0 bridgehead atoms. The lowest BCUT2D eigenvalue weighted by Gasteiger charge is -2.18. The van der Waals surface area contributed by atoms with E-state index in [4.69, 9.17) is 0 Å². The zero-order chi connectivity index (χ0) is 14.2. The van der Waals surface area contributed by atoms with Gasteiger partial charge in [-0.2, -0.15) is 0 Å². The maximum atomic E-state index is 12.3. The van der Waals surface area contributed by atoms with Gasteiger partial charge < -0.3 is 4.90 Å². The Kier molecular flexibility index (Phi) is 4.04. The molecule has 0 unspecified atom stereocenters. The summed E-state index contributed by atoms with van der Waals surface area (Å²) in [5, 5.41) is 0. The Bertz CT molecular complexity index is 445. The van der Waals surface area contributed by atoms with Crippen LogP contribution in [0.5, 0.6) is 0 Å². The molecule has 0 aromatic rings. The summed E-state index contributed by atoms with van der Waals surface area (Å²) >= 11 is 0. The lowest BCUT2D eigenvalue weighted by molar-refractivity contribution is -0.116. The standard InChI is InChI=1S/C16H23NO2/c1-10-11(2)16(19)14-8-6-12(9-17(3)4)5-7-13(14)15(10)18/h12H,5-9H2,1-4H3. The van der Waals surface area contributed by atoms with Gasteiger partial charge in [0.1, 0.15) is 0 Å². The predicted molar refractivity (Wildman–Crippen MR) is 75.9 cm³/mol. The van der Waals surface area contributed by atoms with Crippen molar-refractivity contribution in [3.05, 3.63) is 22.3 Å². The molecule has 2 aliphatic carbocycles. The van der Waals surface area contributed by atoms with Crippen molar-refractivity contribution in [3.63, 3.8) is 0 Å². The van der Waals surface area contributed by atoms with Crippen molar-refractivity contribution in [2.45, 2.75) is 39.5 Å². The first-order chi connectivity index (χ1) is 8.91. The maximum Gasteiger partial charge on any atom is 0.185 e. The Balaban J connectivity index is 2.21. The number of nitrogens with zero attached hydrogens (tertiary/aromatic N) is 1. The highest BCUT2D eigenvalue weighted by Crippen LogP contribution is 2.35. The minimum Gasteiger partial charge on any atom is -0.309 e. The van der Waals surface area contributed by atoms with Crippen LogP contribution in [0.2, 0.25) is 0 Å². The molecule has 104 valence electrons. The summed E-state index contributed by atoms with van der Waals surface area (Å²) in [6.07, 6.45) is 3.57. The number of hydrogen-bond acceptors (Lipinski definition) is 3. The number of carbonyl (C=O) groups excluding carboxylic acids is 2. The molecule has 0 fully saturated rings. The third-order valence-electron chi connectivity index (χ3n) is 4.38. The highest BCUT2D eigenvalue weighted by atomic mass is 16.1. The van der Waals surface area contributed by atoms with Crippen LogP contribution in [0.1, 0.15) is 39.5 Å². The monoisotopic (exact) mass is 261 g/mol. The predicted octanol–water partition coefficient (Wildman–Crippen LogP) is 2.52. The number of rotatable bonds is 2. The molecule has 0 spiro atoms. The zero-order valence-corrected chi connectivity index (χ0v) is 12.4. The second kappa shape index (κ2) is 5.41. The van der Waals surface area contributed by atoms with Crippen molar-refractivity contribution in [1.29, 1.82) is 0 Å². The van der Waals surface area contributed by atoms with Gasteiger partial charge in [-0.05, 0) is 59.5 Å². The largest absolute Gasteiger partial charge is 0.309 e. The Morgan fingerprint density at radius 1 is 0.947 bits per heavy atom. The molecule has 0 aromatic carbocycles. The normalized spacial score (nSPS) is 22.2. The van der Waals surface area contributed by atoms with Crippen LogP contribution in [0, 0.1) is 5.92 Å². The number of carbonyl (C=O) groups is 2. The summed E-state index contributed by atoms with van der Waals surface area (Å²) < 4.78 is 0. The van der Waals surface area contributed by atoms with E-state index < -0.39 is 0 Å². The summed E-state index contributed by atoms with van der Waals surface area (Å²) in [5.74, 6) is 0.803. The Morgan fingerprint density at radius 2 is 1.37 bits per heavy atom. The van der Waals surface area contributed by atoms with E-state index in [-0.39, 0.29) is 11.6 Å². The van der Waals surface area contributed by atoms with Gasteiger partial charge in [0.25, 0.3) is 0 Å². The molecule has 0 heterocycles. The molecule has 0 N–H and O–H groups in total. The third kappa shape index (κ3) is 2.71. The maximum absolute atomic E-state index is 12.3. The van der Waals surface area contributed by atoms with Gasteiger partial charge in [0.15, 0.2) is 11.6 Å². The van der Waals surface area contributed by atoms with Gasteiger partial charge in [-0.1, -0.05) is 0 Å². The molecule has 0 radical (unpaired) electrons. The summed E-state index contributed by atoms with van der Waals surface area (Å²) in [7, 11) is 4.15. The summed E-state index contributed by atoms with van der Waals surface area (Å²) in [6.45, 7) is 4.59. The van der Waals surface area contributed by atoms with Crippen molar-refractivity contribution < 1.29 is 9.59 Å². The van der Waals surface area contributed by atoms with E-state index in [1.54, 1.807) is 13.8 Å². The molecule has 0 saturated heterocycles. The average Bonchev–Trinajstić information content (AvgIpc) is 2.56. The van der Waals surface area contributed by atoms with Crippen LogP contribution in [-0.4, -0.2) is 37.1 Å². The second-order valence-corrected chi connectivity index (χ2v) is 6.07. The van der Waals surface area contributed by atoms with E-state index in [1.165, 1.54) is 0 Å². The summed E-state index contributed by atoms with van der Waals surface area (Å²) in [6, 6.07) is 0. The van der Waals surface area contributed by atoms with Gasteiger partial charge >= 0.3 is 0 Å². The first kappa shape index (κ1) is 14.2. The van der Waals surface area contributed by atoms with Gasteiger partial charge in [-0.25, -0.2) is 0 Å². The van der Waals surface area contributed by atoms with E-state index in [2.05, 4.69) is 19.0 Å². The van der Waals surface area contributed by atoms with Crippen molar-refractivity contribution in [3.8, 4) is 0 Å². The van der Waals surface area contributed by atoms with Gasteiger partial charge in [0.2, 0.25) is 0 Å². The summed E-state index contributed by atoms with van der Waals surface area (Å²) in [5.41, 5.74) is 2.90. The molecule has 0 amide bonds. The van der Waals surface area contributed by atoms with Crippen LogP contribution < -0.4 is 0 Å². The SMILES string of the molecule is CC1=C(C)C(=O)C2=C(CCC(CN(C)C)CC2)C1=O. The van der Waals surface area contributed by atoms with Crippen molar-refractivity contribution >= 4 is 11.6 Å². The van der Waals surface area contributed by atoms with Gasteiger partial charge in [0, 0.05) is 28.8 Å². The zero-order valence-electron chi connectivity index (χ0n) is 12.4. The molecule has 3 heteroatoms. The molecule has 2 rings (SSSR count). The van der Waals surface area contributed by atoms with E-state index in [1.807, 2.05) is 0 Å². The third-order valence-corrected chi connectivity index (χ3v) is 4.38. The number of allylic oxidation sites excluding steroid dienone is 4. The summed E-state index contributed by atoms with van der Waals surface area (Å²) in [4.78, 5) is 26.8. The number of hydrogen-bond donors (Lipinski definition) is 0. The van der Waals surface area contributed by atoms with Crippen molar-refractivity contribution in [1.82, 2.24) is 4.90 Å². The van der Waals surface area contributed by atoms with E-state index >= 15 is 0 Å². The Morgan fingerprint density at radius 3 is 1.74 bits per heavy atom. The molecule has 0 saturated carbocycles. The Hall–Kier alpha value is -1.22. The lowest BCUT2D eigenvalue weighted by atomic mass is 9.83. The van der Waals surface area contributed by atoms with Gasteiger partial charge in [-0.15, -0.1) is 0 Å². The highest BCUT2D eigenvalue weighted by molar-refractivity contribution is 6.24. The molecule has 0 aliphatic heterocycles. The molecule has 0 aromatic heterocycles. The fourth-order valence-corrected chi connectivity index (χ4v) is 3.14. The minimum absolute atomic E-state index is 0.109. The Labute approximate surface area is 115 Å². The fourth-order valence-electron chi connectivity index (χ4n) is 3.14. The quantitative estimate of drug-likeness (QED) is 0.717. The van der Waals surface area contributed by atoms with E-state index in [0.29, 0.717) is 17.1 Å². The smallest absolute Gasteiger partial charge is 0.185 e. The first-order valence-electron chi connectivity index (χ1n) is 7.05. The van der Waals surface area contributed by atoms with Crippen LogP contribution in [-0.2, 0) is 9.59 Å². The molecular formula is C16H23NO2. The van der Waals surface area contributed by atoms with Crippen LogP contribution in [0.15, 0.2) is 22.3 Å². The van der Waals surface area contributed by atoms with Crippen molar-refractivity contribution in [2.75, 3.05) is 20.6 Å². The highest BCUT2D eigenvalue weighted by Gasteiger charge is 2.32. The topological polar surface area (TPSA) is 37.4 Å². The van der Waals surface area contributed by atoms with Crippen LogP contribution in [0.25, 0.3) is 0 Å². The molecule has 3 nitrogen and oxygen atoms in total. The second-order valence-electron chi connectivity index (χ2n) is 6.07. The van der Waals surface area contributed by atoms with Crippen LogP contribution in [0.3, 0.4) is 0 Å². The number of ketones is 2. The molecule has 19 heavy (non-hydrogen) atoms.